The zero-order valence-corrected chi connectivity index (χ0v) is 20.7. The predicted molar refractivity (Wildman–Crippen MR) is 130 cm³/mol. The number of esters is 1. The van der Waals surface area contributed by atoms with E-state index >= 15 is 0 Å². The van der Waals surface area contributed by atoms with Gasteiger partial charge in [0.05, 0.1) is 22.5 Å². The van der Waals surface area contributed by atoms with Crippen LogP contribution in [-0.2, 0) is 22.4 Å². The van der Waals surface area contributed by atoms with E-state index in [1.165, 1.54) is 6.20 Å². The Balaban J connectivity index is 1.48. The highest BCUT2D eigenvalue weighted by Crippen LogP contribution is 2.40. The number of rotatable bonds is 8. The predicted octanol–water partition coefficient (Wildman–Crippen LogP) is 2.05. The third-order valence-corrected chi connectivity index (χ3v) is 7.16. The van der Waals surface area contributed by atoms with Gasteiger partial charge in [0, 0.05) is 12.6 Å². The summed E-state index contributed by atoms with van der Waals surface area (Å²) in [4.78, 5) is 46.5. The van der Waals surface area contributed by atoms with Gasteiger partial charge in [-0.15, -0.1) is 0 Å². The number of anilines is 1. The average molecular weight is 496 g/mol. The highest BCUT2D eigenvalue weighted by Gasteiger charge is 2.38. The molecule has 2 aromatic heterocycles. The Bertz CT molecular complexity index is 1210. The van der Waals surface area contributed by atoms with E-state index in [4.69, 9.17) is 21.3 Å². The number of primary amides is 1. The fourth-order valence-electron chi connectivity index (χ4n) is 5.15. The van der Waals surface area contributed by atoms with Crippen molar-refractivity contribution in [2.75, 3.05) is 5.32 Å². The molecule has 2 aromatic rings. The molecular weight excluding hydrogens is 462 g/mol. The number of carbonyl (C=O) groups is 3. The molecule has 192 valence electrons. The first kappa shape index (κ1) is 24.4. The van der Waals surface area contributed by atoms with Crippen LogP contribution in [0, 0.1) is 11.3 Å². The molecule has 1 unspecified atom stereocenters. The summed E-state index contributed by atoms with van der Waals surface area (Å²) in [5.74, 6) is -0.603. The first-order valence-electron chi connectivity index (χ1n) is 12.6. The summed E-state index contributed by atoms with van der Waals surface area (Å²) in [6.07, 6.45) is 7.62. The number of nitrogens with two attached hydrogens (primary N) is 2. The van der Waals surface area contributed by atoms with Crippen molar-refractivity contribution in [3.05, 3.63) is 28.7 Å². The number of carbonyl (C=O) groups excluding carboxylic acids is 3. The molecule has 0 aliphatic heterocycles. The number of nitrogens with zero attached hydrogens (tertiary/aromatic N) is 4. The minimum Gasteiger partial charge on any atom is -0.460 e. The molecule has 0 aromatic carbocycles. The summed E-state index contributed by atoms with van der Waals surface area (Å²) >= 11 is 0. The molecule has 1 amide bonds. The van der Waals surface area contributed by atoms with Crippen LogP contribution < -0.4 is 16.8 Å². The van der Waals surface area contributed by atoms with E-state index in [0.717, 1.165) is 56.3 Å². The fourth-order valence-corrected chi connectivity index (χ4v) is 5.15. The Kier molecular flexibility index (Phi) is 6.27. The molecule has 11 heteroatoms. The van der Waals surface area contributed by atoms with E-state index in [0.29, 0.717) is 24.3 Å². The molecule has 3 aliphatic rings. The minimum absolute atomic E-state index is 0.0118. The third-order valence-electron chi connectivity index (χ3n) is 7.16. The molecule has 0 spiro atoms. The Morgan fingerprint density at radius 3 is 2.61 bits per heavy atom. The zero-order chi connectivity index (χ0) is 25.6. The quantitative estimate of drug-likeness (QED) is 0.366. The first-order valence-corrected chi connectivity index (χ1v) is 12.6. The van der Waals surface area contributed by atoms with Crippen LogP contribution in [0.3, 0.4) is 0 Å². The number of fused-ring (bicyclic) bond motifs is 1. The second-order valence-corrected chi connectivity index (χ2v) is 11.0. The molecule has 0 saturated heterocycles. The van der Waals surface area contributed by atoms with Gasteiger partial charge in [-0.3, -0.25) is 9.59 Å². The summed E-state index contributed by atoms with van der Waals surface area (Å²) in [5, 5.41) is 7.53. The second-order valence-electron chi connectivity index (χ2n) is 11.0. The van der Waals surface area contributed by atoms with Gasteiger partial charge in [0.25, 0.3) is 11.9 Å². The lowest BCUT2D eigenvalue weighted by Gasteiger charge is -2.29. The summed E-state index contributed by atoms with van der Waals surface area (Å²) < 4.78 is 7.06. The van der Waals surface area contributed by atoms with Gasteiger partial charge in [-0.2, -0.15) is 10.1 Å². The first-order chi connectivity index (χ1) is 17.1. The number of amides is 1. The van der Waals surface area contributed by atoms with Crippen molar-refractivity contribution in [2.24, 2.45) is 22.8 Å². The lowest BCUT2D eigenvalue weighted by molar-refractivity contribution is -0.149. The number of hydrogen-bond acceptors (Lipinski definition) is 9. The lowest BCUT2D eigenvalue weighted by Crippen LogP contribution is -2.41. The summed E-state index contributed by atoms with van der Waals surface area (Å²) in [6, 6.07) is 0. The van der Waals surface area contributed by atoms with E-state index in [1.54, 1.807) is 4.68 Å². The highest BCUT2D eigenvalue weighted by molar-refractivity contribution is 6.00. The largest absolute Gasteiger partial charge is 0.460 e. The molecule has 5 rings (SSSR count). The van der Waals surface area contributed by atoms with Crippen LogP contribution in [-0.4, -0.2) is 49.7 Å². The fraction of sp³-hybridized carbons (Fsp3) is 0.600. The van der Waals surface area contributed by atoms with Gasteiger partial charge in [0.15, 0.2) is 11.9 Å². The summed E-state index contributed by atoms with van der Waals surface area (Å²) in [5.41, 5.74) is 13.5. The van der Waals surface area contributed by atoms with E-state index in [-0.39, 0.29) is 34.6 Å². The molecular formula is C25H33N7O4. The molecule has 2 heterocycles. The molecule has 0 bridgehead atoms. The second kappa shape index (κ2) is 9.27. The molecule has 2 saturated carbocycles. The molecule has 5 N–H and O–H groups in total. The van der Waals surface area contributed by atoms with Crippen LogP contribution in [0.5, 0.6) is 0 Å². The van der Waals surface area contributed by atoms with Crippen molar-refractivity contribution in [1.82, 2.24) is 19.7 Å². The number of ketones is 1. The number of aromatic nitrogens is 4. The number of nitrogens with one attached hydrogen (secondary N) is 1. The maximum Gasteiger partial charge on any atom is 0.343 e. The van der Waals surface area contributed by atoms with E-state index < -0.39 is 18.0 Å². The minimum atomic E-state index is -1.25. The van der Waals surface area contributed by atoms with Crippen molar-refractivity contribution in [2.45, 2.75) is 83.9 Å². The van der Waals surface area contributed by atoms with Gasteiger partial charge in [-0.1, -0.05) is 13.8 Å². The van der Waals surface area contributed by atoms with Crippen LogP contribution in [0.1, 0.15) is 90.9 Å². The molecule has 36 heavy (non-hydrogen) atoms. The van der Waals surface area contributed by atoms with Crippen LogP contribution in [0.4, 0.5) is 5.82 Å². The Morgan fingerprint density at radius 1 is 1.22 bits per heavy atom. The smallest absolute Gasteiger partial charge is 0.343 e. The topological polar surface area (TPSA) is 168 Å². The van der Waals surface area contributed by atoms with Crippen molar-refractivity contribution >= 4 is 23.5 Å². The van der Waals surface area contributed by atoms with Crippen molar-refractivity contribution in [3.63, 3.8) is 0 Å². The molecule has 2 fully saturated rings. The Labute approximate surface area is 209 Å². The average Bonchev–Trinajstić information content (AvgIpc) is 3.33. The normalized spacial score (nSPS) is 20.1. The molecule has 0 radical (unpaired) electrons. The SMILES string of the molecule is CC1(C)CC(=O)c2c(CC3CC3)nn(-c3ncc(C(N)=O)c(NC(N)C(=O)OC4CCCC4)n3)c2C1. The van der Waals surface area contributed by atoms with E-state index in [9.17, 15) is 14.4 Å². The summed E-state index contributed by atoms with van der Waals surface area (Å²) in [7, 11) is 0. The van der Waals surface area contributed by atoms with Crippen molar-refractivity contribution in [1.29, 1.82) is 0 Å². The van der Waals surface area contributed by atoms with Gasteiger partial charge >= 0.3 is 5.97 Å². The molecule has 1 atom stereocenters. The third kappa shape index (κ3) is 4.97. The summed E-state index contributed by atoms with van der Waals surface area (Å²) in [6.45, 7) is 4.09. The lowest BCUT2D eigenvalue weighted by atomic mass is 9.75. The monoisotopic (exact) mass is 495 g/mol. The van der Waals surface area contributed by atoms with E-state index in [2.05, 4.69) is 15.3 Å². The van der Waals surface area contributed by atoms with Crippen molar-refractivity contribution < 1.29 is 19.1 Å². The van der Waals surface area contributed by atoms with Crippen molar-refractivity contribution in [3.8, 4) is 5.95 Å². The maximum absolute atomic E-state index is 13.1. The highest BCUT2D eigenvalue weighted by atomic mass is 16.5. The van der Waals surface area contributed by atoms with Gasteiger partial charge in [-0.25, -0.2) is 14.5 Å². The Hall–Kier alpha value is -3.34. The van der Waals surface area contributed by atoms with Crippen LogP contribution in [0.25, 0.3) is 5.95 Å². The van der Waals surface area contributed by atoms with Gasteiger partial charge < -0.3 is 21.5 Å². The number of Topliss-reactive ketones (excluding diaryl/α,β-unsaturated/α-hetero) is 1. The maximum atomic E-state index is 13.1. The van der Waals surface area contributed by atoms with Crippen LogP contribution >= 0.6 is 0 Å². The molecule has 3 aliphatic carbocycles. The zero-order valence-electron chi connectivity index (χ0n) is 20.7. The van der Waals surface area contributed by atoms with Gasteiger partial charge in [-0.05, 0) is 62.7 Å². The van der Waals surface area contributed by atoms with Gasteiger partial charge in [0.2, 0.25) is 0 Å². The van der Waals surface area contributed by atoms with Gasteiger partial charge in [0.1, 0.15) is 11.9 Å². The van der Waals surface area contributed by atoms with E-state index in [1.807, 2.05) is 13.8 Å². The standard InChI is InChI=1S/C25H33N7O4/c1-25(2)10-17-19(18(33)11-25)16(9-13-7-8-13)31-32(17)24-28-12-15(21(27)34)22(30-24)29-20(26)23(35)36-14-5-3-4-6-14/h12-14,20H,3-11,26H2,1-2H3,(H2,27,34)(H,28,29,30). The van der Waals surface area contributed by atoms with Crippen LogP contribution in [0.15, 0.2) is 6.20 Å². The molecule has 11 nitrogen and oxygen atoms in total. The van der Waals surface area contributed by atoms with Crippen LogP contribution in [0.2, 0.25) is 0 Å². The Morgan fingerprint density at radius 2 is 1.94 bits per heavy atom. The number of ether oxygens (including phenoxy) is 1. The number of hydrogen-bond donors (Lipinski definition) is 3.